The number of aromatic nitrogens is 1. The third-order valence-corrected chi connectivity index (χ3v) is 5.28. The van der Waals surface area contributed by atoms with Crippen LogP contribution >= 0.6 is 11.3 Å². The molecule has 1 aliphatic rings. The lowest BCUT2D eigenvalue weighted by Crippen LogP contribution is -2.38. The van der Waals surface area contributed by atoms with Crippen LogP contribution in [0.4, 0.5) is 0 Å². The van der Waals surface area contributed by atoms with Gasteiger partial charge in [0.1, 0.15) is 17.6 Å². The Balaban J connectivity index is 1.77. The van der Waals surface area contributed by atoms with Gasteiger partial charge in [0.2, 0.25) is 0 Å². The van der Waals surface area contributed by atoms with Gasteiger partial charge in [0.05, 0.1) is 30.9 Å². The van der Waals surface area contributed by atoms with Crippen molar-refractivity contribution in [1.29, 1.82) is 0 Å². The molecule has 27 heavy (non-hydrogen) atoms. The van der Waals surface area contributed by atoms with Crippen molar-refractivity contribution < 1.29 is 9.47 Å². The molecule has 0 radical (unpaired) electrons. The zero-order valence-corrected chi connectivity index (χ0v) is 17.5. The van der Waals surface area contributed by atoms with Gasteiger partial charge in [-0.3, -0.25) is 0 Å². The lowest BCUT2D eigenvalue weighted by atomic mass is 10.1. The van der Waals surface area contributed by atoms with Crippen molar-refractivity contribution in [3.63, 3.8) is 0 Å². The third kappa shape index (κ3) is 4.71. The Morgan fingerprint density at radius 1 is 1.48 bits per heavy atom. The van der Waals surface area contributed by atoms with E-state index in [1.165, 1.54) is 5.56 Å². The van der Waals surface area contributed by atoms with E-state index in [4.69, 9.17) is 14.5 Å². The van der Waals surface area contributed by atoms with Gasteiger partial charge in [-0.15, -0.1) is 11.3 Å². The molecular formula is C20H28N4O2S. The summed E-state index contributed by atoms with van der Waals surface area (Å²) in [7, 11) is 3.73. The highest BCUT2D eigenvalue weighted by atomic mass is 32.1. The lowest BCUT2D eigenvalue weighted by Gasteiger charge is -2.21. The number of aryl methyl sites for hydroxylation is 1. The predicted molar refractivity (Wildman–Crippen MR) is 110 cm³/mol. The molecular weight excluding hydrogens is 360 g/mol. The molecule has 0 fully saturated rings. The minimum atomic E-state index is 0.216. The van der Waals surface area contributed by atoms with Crippen LogP contribution in [0.3, 0.4) is 0 Å². The quantitative estimate of drug-likeness (QED) is 0.607. The van der Waals surface area contributed by atoms with Crippen molar-refractivity contribution in [2.75, 3.05) is 20.7 Å². The molecule has 2 heterocycles. The van der Waals surface area contributed by atoms with Crippen molar-refractivity contribution >= 4 is 17.3 Å². The number of hydrogen-bond acceptors (Lipinski definition) is 5. The van der Waals surface area contributed by atoms with Gasteiger partial charge in [-0.05, 0) is 32.9 Å². The maximum atomic E-state index is 5.89. The molecule has 0 spiro atoms. The normalized spacial score (nSPS) is 16.0. The third-order valence-electron chi connectivity index (χ3n) is 4.46. The van der Waals surface area contributed by atoms with Crippen molar-refractivity contribution in [2.45, 2.75) is 46.4 Å². The SMILES string of the molecule is CCNC(=NCc1cc2c(cc1OC)CC(C)O2)N(C)Cc1csc(C)n1. The smallest absolute Gasteiger partial charge is 0.194 e. The highest BCUT2D eigenvalue weighted by Crippen LogP contribution is 2.35. The van der Waals surface area contributed by atoms with Crippen LogP contribution in [0.2, 0.25) is 0 Å². The van der Waals surface area contributed by atoms with E-state index in [1.54, 1.807) is 18.4 Å². The summed E-state index contributed by atoms with van der Waals surface area (Å²) in [5, 5.41) is 6.53. The van der Waals surface area contributed by atoms with Gasteiger partial charge >= 0.3 is 0 Å². The van der Waals surface area contributed by atoms with Crippen LogP contribution < -0.4 is 14.8 Å². The number of methoxy groups -OCH3 is 1. The summed E-state index contributed by atoms with van der Waals surface area (Å²) in [5.41, 5.74) is 3.29. The summed E-state index contributed by atoms with van der Waals surface area (Å²) < 4.78 is 11.5. The van der Waals surface area contributed by atoms with Crippen LogP contribution in [0.25, 0.3) is 0 Å². The summed E-state index contributed by atoms with van der Waals surface area (Å²) in [4.78, 5) is 11.4. The van der Waals surface area contributed by atoms with Crippen molar-refractivity contribution in [1.82, 2.24) is 15.2 Å². The van der Waals surface area contributed by atoms with Crippen molar-refractivity contribution in [3.05, 3.63) is 39.3 Å². The fourth-order valence-corrected chi connectivity index (χ4v) is 3.83. The second kappa shape index (κ2) is 8.61. The average Bonchev–Trinajstić information content (AvgIpc) is 3.21. The first kappa shape index (κ1) is 19.5. The Morgan fingerprint density at radius 2 is 2.30 bits per heavy atom. The van der Waals surface area contributed by atoms with Gasteiger partial charge in [0, 0.05) is 36.5 Å². The van der Waals surface area contributed by atoms with E-state index < -0.39 is 0 Å². The Morgan fingerprint density at radius 3 is 2.96 bits per heavy atom. The van der Waals surface area contributed by atoms with E-state index in [-0.39, 0.29) is 6.10 Å². The van der Waals surface area contributed by atoms with Crippen molar-refractivity contribution in [2.24, 2.45) is 4.99 Å². The summed E-state index contributed by atoms with van der Waals surface area (Å²) >= 11 is 1.67. The van der Waals surface area contributed by atoms with Crippen LogP contribution in [-0.4, -0.2) is 42.6 Å². The summed E-state index contributed by atoms with van der Waals surface area (Å²) in [6.45, 7) is 8.23. The molecule has 146 valence electrons. The van der Waals surface area contributed by atoms with Gasteiger partial charge in [-0.25, -0.2) is 9.98 Å². The van der Waals surface area contributed by atoms with E-state index >= 15 is 0 Å². The number of fused-ring (bicyclic) bond motifs is 1. The topological polar surface area (TPSA) is 59.0 Å². The molecule has 2 aromatic rings. The highest BCUT2D eigenvalue weighted by molar-refractivity contribution is 7.09. The maximum absolute atomic E-state index is 5.89. The lowest BCUT2D eigenvalue weighted by molar-refractivity contribution is 0.254. The molecule has 0 amide bonds. The molecule has 7 heteroatoms. The van der Waals surface area contributed by atoms with Gasteiger partial charge < -0.3 is 19.7 Å². The predicted octanol–water partition coefficient (Wildman–Crippen LogP) is 3.38. The summed E-state index contributed by atoms with van der Waals surface area (Å²) in [5.74, 6) is 2.66. The molecule has 1 N–H and O–H groups in total. The van der Waals surface area contributed by atoms with E-state index in [9.17, 15) is 0 Å². The first-order valence-electron chi connectivity index (χ1n) is 9.27. The molecule has 1 unspecified atom stereocenters. The number of hydrogen-bond donors (Lipinski definition) is 1. The molecule has 1 aliphatic heterocycles. The second-order valence-electron chi connectivity index (χ2n) is 6.79. The molecule has 1 aromatic carbocycles. The maximum Gasteiger partial charge on any atom is 0.194 e. The summed E-state index contributed by atoms with van der Waals surface area (Å²) in [6.07, 6.45) is 1.14. The van der Waals surface area contributed by atoms with E-state index in [2.05, 4.69) is 46.6 Å². The summed E-state index contributed by atoms with van der Waals surface area (Å²) in [6, 6.07) is 4.15. The monoisotopic (exact) mass is 388 g/mol. The van der Waals surface area contributed by atoms with Gasteiger partial charge in [-0.1, -0.05) is 0 Å². The number of nitrogens with zero attached hydrogens (tertiary/aromatic N) is 3. The fraction of sp³-hybridized carbons (Fsp3) is 0.500. The Hall–Kier alpha value is -2.28. The van der Waals surface area contributed by atoms with Gasteiger partial charge in [0.15, 0.2) is 5.96 Å². The van der Waals surface area contributed by atoms with E-state index in [1.807, 2.05) is 14.0 Å². The second-order valence-corrected chi connectivity index (χ2v) is 7.85. The number of ether oxygens (including phenoxy) is 2. The van der Waals surface area contributed by atoms with Crippen LogP contribution in [-0.2, 0) is 19.5 Å². The highest BCUT2D eigenvalue weighted by Gasteiger charge is 2.21. The number of benzene rings is 1. The molecule has 3 rings (SSSR count). The van der Waals surface area contributed by atoms with E-state index in [0.29, 0.717) is 6.54 Å². The Kier molecular flexibility index (Phi) is 6.21. The van der Waals surface area contributed by atoms with E-state index in [0.717, 1.165) is 53.2 Å². The van der Waals surface area contributed by atoms with Crippen LogP contribution in [0.15, 0.2) is 22.5 Å². The number of thiazole rings is 1. The number of aliphatic imine (C=N–C) groups is 1. The molecule has 0 aliphatic carbocycles. The molecule has 6 nitrogen and oxygen atoms in total. The minimum Gasteiger partial charge on any atom is -0.496 e. The molecule has 0 saturated heterocycles. The number of nitrogens with one attached hydrogen (secondary N) is 1. The Labute approximate surface area is 165 Å². The first-order valence-corrected chi connectivity index (χ1v) is 10.1. The molecule has 0 saturated carbocycles. The number of guanidine groups is 1. The fourth-order valence-electron chi connectivity index (χ4n) is 3.22. The molecule has 0 bridgehead atoms. The minimum absolute atomic E-state index is 0.216. The molecule has 1 aromatic heterocycles. The Bertz CT molecular complexity index is 818. The van der Waals surface area contributed by atoms with Crippen LogP contribution in [0.5, 0.6) is 11.5 Å². The standard InChI is InChI=1S/C20H28N4O2S/c1-6-21-20(24(4)11-17-12-27-14(3)23-17)22-10-16-9-19-15(7-13(2)26-19)8-18(16)25-5/h8-9,12-13H,6-7,10-11H2,1-5H3,(H,21,22). The first-order chi connectivity index (χ1) is 13.0. The molecule has 1 atom stereocenters. The largest absolute Gasteiger partial charge is 0.496 e. The van der Waals surface area contributed by atoms with Gasteiger partial charge in [0.25, 0.3) is 0 Å². The van der Waals surface area contributed by atoms with Gasteiger partial charge in [-0.2, -0.15) is 0 Å². The zero-order chi connectivity index (χ0) is 19.4. The van der Waals surface area contributed by atoms with Crippen LogP contribution in [0.1, 0.15) is 35.7 Å². The van der Waals surface area contributed by atoms with Crippen molar-refractivity contribution in [3.8, 4) is 11.5 Å². The van der Waals surface area contributed by atoms with Crippen LogP contribution in [0, 0.1) is 6.92 Å². The zero-order valence-electron chi connectivity index (χ0n) is 16.7. The number of rotatable bonds is 6. The average molecular weight is 389 g/mol.